The molecule has 0 amide bonds. The maximum absolute atomic E-state index is 11.1. The van der Waals surface area contributed by atoms with Crippen LogP contribution >= 0.6 is 23.2 Å². The van der Waals surface area contributed by atoms with Gasteiger partial charge in [-0.1, -0.05) is 29.3 Å². The van der Waals surface area contributed by atoms with Gasteiger partial charge < -0.3 is 9.51 Å². The van der Waals surface area contributed by atoms with Crippen LogP contribution in [0.4, 0.5) is 0 Å². The van der Waals surface area contributed by atoms with E-state index in [0.717, 1.165) is 0 Å². The van der Waals surface area contributed by atoms with Crippen LogP contribution in [0.2, 0.25) is 10.0 Å². The Morgan fingerprint density at radius 1 is 1.33 bits per heavy atom. The molecule has 0 aromatic carbocycles. The van der Waals surface area contributed by atoms with Crippen molar-refractivity contribution in [3.63, 3.8) is 0 Å². The number of halogens is 2. The summed E-state index contributed by atoms with van der Waals surface area (Å²) in [7, 11) is 0. The summed E-state index contributed by atoms with van der Waals surface area (Å²) in [6.45, 7) is 0. The first-order chi connectivity index (χ1) is 10.1. The summed E-state index contributed by atoms with van der Waals surface area (Å²) in [5.41, 5.74) is 2.02. The van der Waals surface area contributed by atoms with Crippen molar-refractivity contribution >= 4 is 34.8 Å². The van der Waals surface area contributed by atoms with Crippen molar-refractivity contribution in [3.05, 3.63) is 52.4 Å². The van der Waals surface area contributed by atoms with Gasteiger partial charge in [-0.25, -0.2) is 4.98 Å². The smallest absolute Gasteiger partial charge is 0.309 e. The van der Waals surface area contributed by atoms with Crippen LogP contribution < -0.4 is 0 Å². The lowest BCUT2D eigenvalue weighted by atomic mass is 10.2. The molecule has 3 aromatic heterocycles. The second-order valence-electron chi connectivity index (χ2n) is 4.39. The van der Waals surface area contributed by atoms with Gasteiger partial charge in [0.25, 0.3) is 0 Å². The molecule has 3 heterocycles. The van der Waals surface area contributed by atoms with Gasteiger partial charge in [0.15, 0.2) is 5.65 Å². The highest BCUT2D eigenvalue weighted by Gasteiger charge is 2.19. The van der Waals surface area contributed by atoms with Crippen molar-refractivity contribution in [2.24, 2.45) is 0 Å². The van der Waals surface area contributed by atoms with E-state index < -0.39 is 5.97 Å². The van der Waals surface area contributed by atoms with Crippen LogP contribution in [-0.4, -0.2) is 25.4 Å². The van der Waals surface area contributed by atoms with Gasteiger partial charge >= 0.3 is 5.97 Å². The molecule has 0 atom stereocenters. The van der Waals surface area contributed by atoms with Crippen LogP contribution in [0.3, 0.4) is 0 Å². The molecule has 1 N–H and O–H groups in total. The number of hydrogen-bond donors (Lipinski definition) is 1. The van der Waals surface area contributed by atoms with Gasteiger partial charge in [0.05, 0.1) is 27.9 Å². The quantitative estimate of drug-likeness (QED) is 0.803. The van der Waals surface area contributed by atoms with Crippen LogP contribution in [0.5, 0.6) is 0 Å². The van der Waals surface area contributed by atoms with E-state index in [0.29, 0.717) is 32.8 Å². The second-order valence-corrected chi connectivity index (χ2v) is 5.24. The topological polar surface area (TPSA) is 67.5 Å². The normalized spacial score (nSPS) is 11.0. The lowest BCUT2D eigenvalue weighted by Crippen LogP contribution is -2.05. The van der Waals surface area contributed by atoms with E-state index in [-0.39, 0.29) is 6.42 Å². The highest BCUT2D eigenvalue weighted by molar-refractivity contribution is 6.36. The first kappa shape index (κ1) is 13.9. The third-order valence-electron chi connectivity index (χ3n) is 2.97. The number of rotatable bonds is 3. The van der Waals surface area contributed by atoms with Gasteiger partial charge in [-0.3, -0.25) is 9.78 Å². The zero-order valence-corrected chi connectivity index (χ0v) is 12.1. The van der Waals surface area contributed by atoms with Gasteiger partial charge in [-0.15, -0.1) is 0 Å². The van der Waals surface area contributed by atoms with Crippen molar-refractivity contribution in [1.29, 1.82) is 0 Å². The average Bonchev–Trinajstić information content (AvgIpc) is 2.78. The van der Waals surface area contributed by atoms with E-state index in [1.807, 2.05) is 6.07 Å². The molecule has 0 saturated heterocycles. The monoisotopic (exact) mass is 321 g/mol. The largest absolute Gasteiger partial charge is 0.481 e. The summed E-state index contributed by atoms with van der Waals surface area (Å²) >= 11 is 12.1. The summed E-state index contributed by atoms with van der Waals surface area (Å²) in [4.78, 5) is 19.8. The number of aromatic nitrogens is 3. The molecular formula is C14H9Cl2N3O2. The summed E-state index contributed by atoms with van der Waals surface area (Å²) < 4.78 is 1.60. The molecule has 21 heavy (non-hydrogen) atoms. The van der Waals surface area contributed by atoms with Gasteiger partial charge in [0, 0.05) is 12.4 Å². The fourth-order valence-electron chi connectivity index (χ4n) is 2.14. The number of pyridine rings is 2. The summed E-state index contributed by atoms with van der Waals surface area (Å²) in [6, 6.07) is 6.92. The third-order valence-corrected chi connectivity index (χ3v) is 3.45. The fourth-order valence-corrected chi connectivity index (χ4v) is 2.65. The zero-order valence-electron chi connectivity index (χ0n) is 10.6. The Balaban J connectivity index is 2.33. The number of nitrogens with zero attached hydrogens (tertiary/aromatic N) is 3. The summed E-state index contributed by atoms with van der Waals surface area (Å²) in [5.74, 6) is -0.968. The number of hydrogen-bond acceptors (Lipinski definition) is 3. The Bertz CT molecular complexity index is 831. The van der Waals surface area contributed by atoms with Crippen molar-refractivity contribution in [2.75, 3.05) is 0 Å². The van der Waals surface area contributed by atoms with Crippen LogP contribution in [-0.2, 0) is 11.2 Å². The second kappa shape index (κ2) is 5.35. The molecule has 5 nitrogen and oxygen atoms in total. The number of carboxylic acids is 1. The molecule has 3 rings (SSSR count). The lowest BCUT2D eigenvalue weighted by molar-refractivity contribution is -0.136. The van der Waals surface area contributed by atoms with E-state index in [4.69, 9.17) is 28.3 Å². The molecule has 0 aliphatic carbocycles. The molecule has 7 heteroatoms. The maximum Gasteiger partial charge on any atom is 0.309 e. The SMILES string of the molecule is O=C(O)Cc1c(-c2ccccn2)nc2c(Cl)cc(Cl)cn12. The average molecular weight is 322 g/mol. The van der Waals surface area contributed by atoms with Gasteiger partial charge in [0.2, 0.25) is 0 Å². The Kier molecular flexibility index (Phi) is 3.53. The van der Waals surface area contributed by atoms with Crippen molar-refractivity contribution in [3.8, 4) is 11.4 Å². The molecule has 0 unspecified atom stereocenters. The lowest BCUT2D eigenvalue weighted by Gasteiger charge is -2.03. The first-order valence-electron chi connectivity index (χ1n) is 6.05. The predicted octanol–water partition coefficient (Wildman–Crippen LogP) is 3.33. The first-order valence-corrected chi connectivity index (χ1v) is 6.81. The van der Waals surface area contributed by atoms with Crippen molar-refractivity contribution in [2.45, 2.75) is 6.42 Å². The molecule has 0 spiro atoms. The van der Waals surface area contributed by atoms with E-state index >= 15 is 0 Å². The molecule has 0 fully saturated rings. The Hall–Kier alpha value is -2.11. The number of carbonyl (C=O) groups is 1. The van der Waals surface area contributed by atoms with E-state index in [9.17, 15) is 4.79 Å². The number of imidazole rings is 1. The van der Waals surface area contributed by atoms with E-state index in [2.05, 4.69) is 9.97 Å². The molecule has 106 valence electrons. The number of aliphatic carboxylic acids is 1. The fraction of sp³-hybridized carbons (Fsp3) is 0.0714. The predicted molar refractivity (Wildman–Crippen MR) is 79.8 cm³/mol. The standard InChI is InChI=1S/C14H9Cl2N3O2/c15-8-5-9(16)14-18-13(10-3-1-2-4-17-10)11(6-12(20)21)19(14)7-8/h1-5,7H,6H2,(H,20,21). The number of carboxylic acid groups (broad SMARTS) is 1. The molecule has 3 aromatic rings. The minimum absolute atomic E-state index is 0.205. The van der Waals surface area contributed by atoms with E-state index in [1.165, 1.54) is 0 Å². The molecule has 0 radical (unpaired) electrons. The van der Waals surface area contributed by atoms with Crippen molar-refractivity contribution in [1.82, 2.24) is 14.4 Å². The minimum atomic E-state index is -0.968. The maximum atomic E-state index is 11.1. The summed E-state index contributed by atoms with van der Waals surface area (Å²) in [5, 5.41) is 9.89. The Morgan fingerprint density at radius 3 is 2.81 bits per heavy atom. The molecule has 0 saturated carbocycles. The van der Waals surface area contributed by atoms with E-state index in [1.54, 1.807) is 35.0 Å². The molecule has 0 aliphatic rings. The van der Waals surface area contributed by atoms with Gasteiger partial charge in [-0.2, -0.15) is 0 Å². The highest BCUT2D eigenvalue weighted by atomic mass is 35.5. The molecule has 0 bridgehead atoms. The van der Waals surface area contributed by atoms with Gasteiger partial charge in [0.1, 0.15) is 5.69 Å². The number of fused-ring (bicyclic) bond motifs is 1. The van der Waals surface area contributed by atoms with Gasteiger partial charge in [-0.05, 0) is 18.2 Å². The van der Waals surface area contributed by atoms with Crippen LogP contribution in [0.1, 0.15) is 5.69 Å². The Labute approximate surface area is 129 Å². The third kappa shape index (κ3) is 2.57. The minimum Gasteiger partial charge on any atom is -0.481 e. The Morgan fingerprint density at radius 2 is 2.14 bits per heavy atom. The zero-order chi connectivity index (χ0) is 15.0. The molecule has 0 aliphatic heterocycles. The van der Waals surface area contributed by atoms with Crippen molar-refractivity contribution < 1.29 is 9.90 Å². The van der Waals surface area contributed by atoms with Crippen LogP contribution in [0.15, 0.2) is 36.7 Å². The van der Waals surface area contributed by atoms with Crippen LogP contribution in [0, 0.1) is 0 Å². The molecular weight excluding hydrogens is 313 g/mol. The van der Waals surface area contributed by atoms with Crippen LogP contribution in [0.25, 0.3) is 17.0 Å². The highest BCUT2D eigenvalue weighted by Crippen LogP contribution is 2.29. The summed E-state index contributed by atoms with van der Waals surface area (Å²) in [6.07, 6.45) is 3.02.